The van der Waals surface area contributed by atoms with Crippen molar-refractivity contribution in [2.45, 2.75) is 19.5 Å². The number of aryl methyl sites for hydroxylation is 1. The molecule has 1 atom stereocenters. The first-order chi connectivity index (χ1) is 10.5. The van der Waals surface area contributed by atoms with Crippen LogP contribution in [0.5, 0.6) is 0 Å². The van der Waals surface area contributed by atoms with Gasteiger partial charge in [0.25, 0.3) is 0 Å². The second kappa shape index (κ2) is 6.91. The number of esters is 1. The molecule has 6 nitrogen and oxygen atoms in total. The molecule has 0 saturated heterocycles. The van der Waals surface area contributed by atoms with Gasteiger partial charge in [0.05, 0.1) is 13.7 Å². The van der Waals surface area contributed by atoms with Crippen LogP contribution in [0.3, 0.4) is 0 Å². The van der Waals surface area contributed by atoms with Crippen LogP contribution < -0.4 is 5.32 Å². The zero-order chi connectivity index (χ0) is 16.1. The fourth-order valence-corrected chi connectivity index (χ4v) is 2.14. The fourth-order valence-electron chi connectivity index (χ4n) is 2.14. The predicted octanol–water partition coefficient (Wildman–Crippen LogP) is 2.29. The van der Waals surface area contributed by atoms with E-state index in [1.54, 1.807) is 37.3 Å². The number of carboxylic acids is 1. The molecule has 0 spiro atoms. The third-order valence-corrected chi connectivity index (χ3v) is 3.23. The van der Waals surface area contributed by atoms with Gasteiger partial charge in [-0.05, 0) is 18.6 Å². The molecule has 6 heteroatoms. The average molecular weight is 303 g/mol. The van der Waals surface area contributed by atoms with E-state index >= 15 is 0 Å². The van der Waals surface area contributed by atoms with Crippen molar-refractivity contribution in [1.29, 1.82) is 0 Å². The topological polar surface area (TPSA) is 88.8 Å². The van der Waals surface area contributed by atoms with Gasteiger partial charge in [-0.15, -0.1) is 0 Å². The Hall–Kier alpha value is -2.60. The van der Waals surface area contributed by atoms with Crippen molar-refractivity contribution >= 4 is 11.9 Å². The number of benzene rings is 1. The van der Waals surface area contributed by atoms with Crippen LogP contribution in [0, 0.1) is 6.92 Å². The Morgan fingerprint density at radius 1 is 1.32 bits per heavy atom. The number of ether oxygens (including phenoxy) is 1. The SMILES string of the molecule is COC(=O)c1cc(CN[C@@H](C(=O)O)c2ccccc2)oc1C. The number of furan rings is 1. The molecule has 2 aromatic rings. The summed E-state index contributed by atoms with van der Waals surface area (Å²) in [5, 5.41) is 12.2. The van der Waals surface area contributed by atoms with Crippen LogP contribution in [0.1, 0.15) is 33.5 Å². The second-order valence-corrected chi connectivity index (χ2v) is 4.74. The van der Waals surface area contributed by atoms with Gasteiger partial charge in [0.1, 0.15) is 23.1 Å². The normalized spacial score (nSPS) is 11.9. The lowest BCUT2D eigenvalue weighted by Crippen LogP contribution is -2.27. The number of rotatable bonds is 6. The number of carbonyl (C=O) groups excluding carboxylic acids is 1. The number of hydrogen-bond donors (Lipinski definition) is 2. The molecule has 0 amide bonds. The minimum absolute atomic E-state index is 0.184. The van der Waals surface area contributed by atoms with Crippen LogP contribution >= 0.6 is 0 Å². The quantitative estimate of drug-likeness (QED) is 0.796. The molecular weight excluding hydrogens is 286 g/mol. The molecule has 1 aromatic carbocycles. The Balaban J connectivity index is 2.11. The van der Waals surface area contributed by atoms with Crippen molar-refractivity contribution in [1.82, 2.24) is 5.32 Å². The van der Waals surface area contributed by atoms with E-state index in [-0.39, 0.29) is 6.54 Å². The first-order valence-electron chi connectivity index (χ1n) is 6.71. The highest BCUT2D eigenvalue weighted by molar-refractivity contribution is 5.90. The van der Waals surface area contributed by atoms with E-state index in [1.807, 2.05) is 6.07 Å². The average Bonchev–Trinajstić information content (AvgIpc) is 2.88. The van der Waals surface area contributed by atoms with Crippen LogP contribution in [0.25, 0.3) is 0 Å². The van der Waals surface area contributed by atoms with E-state index < -0.39 is 18.0 Å². The molecule has 22 heavy (non-hydrogen) atoms. The van der Waals surface area contributed by atoms with Crippen molar-refractivity contribution < 1.29 is 23.8 Å². The van der Waals surface area contributed by atoms with Gasteiger partial charge in [-0.1, -0.05) is 30.3 Å². The molecule has 0 aliphatic heterocycles. The molecule has 0 aliphatic rings. The molecule has 0 fully saturated rings. The standard InChI is InChI=1S/C16H17NO5/c1-10-13(16(20)21-2)8-12(22-10)9-17-14(15(18)19)11-6-4-3-5-7-11/h3-8,14,17H,9H2,1-2H3,(H,18,19)/t14-/m1/s1. The van der Waals surface area contributed by atoms with Crippen molar-refractivity contribution in [3.63, 3.8) is 0 Å². The van der Waals surface area contributed by atoms with Gasteiger partial charge in [0.2, 0.25) is 0 Å². The van der Waals surface area contributed by atoms with Crippen molar-refractivity contribution in [2.24, 2.45) is 0 Å². The van der Waals surface area contributed by atoms with E-state index in [0.717, 1.165) is 0 Å². The highest BCUT2D eigenvalue weighted by Crippen LogP contribution is 2.18. The van der Waals surface area contributed by atoms with Crippen LogP contribution in [-0.2, 0) is 16.1 Å². The number of aliphatic carboxylic acids is 1. The van der Waals surface area contributed by atoms with E-state index in [4.69, 9.17) is 4.42 Å². The van der Waals surface area contributed by atoms with Crippen molar-refractivity contribution in [3.05, 3.63) is 59.0 Å². The predicted molar refractivity (Wildman–Crippen MR) is 78.4 cm³/mol. The van der Waals surface area contributed by atoms with Crippen molar-refractivity contribution in [3.8, 4) is 0 Å². The van der Waals surface area contributed by atoms with Gasteiger partial charge in [-0.25, -0.2) is 4.79 Å². The smallest absolute Gasteiger partial charge is 0.341 e. The summed E-state index contributed by atoms with van der Waals surface area (Å²) in [6.45, 7) is 1.84. The Morgan fingerprint density at radius 3 is 2.59 bits per heavy atom. The van der Waals surface area contributed by atoms with Gasteiger partial charge < -0.3 is 14.3 Å². The largest absolute Gasteiger partial charge is 0.480 e. The summed E-state index contributed by atoms with van der Waals surface area (Å²) in [5.74, 6) is -0.552. The molecule has 0 saturated carbocycles. The first-order valence-corrected chi connectivity index (χ1v) is 6.71. The highest BCUT2D eigenvalue weighted by atomic mass is 16.5. The number of carbonyl (C=O) groups is 2. The van der Waals surface area contributed by atoms with E-state index in [2.05, 4.69) is 10.1 Å². The Morgan fingerprint density at radius 2 is 2.00 bits per heavy atom. The summed E-state index contributed by atoms with van der Waals surface area (Å²) in [4.78, 5) is 22.9. The lowest BCUT2D eigenvalue weighted by atomic mass is 10.1. The Labute approximate surface area is 127 Å². The van der Waals surface area contributed by atoms with Gasteiger partial charge in [-0.3, -0.25) is 10.1 Å². The van der Waals surface area contributed by atoms with Gasteiger partial charge in [0, 0.05) is 0 Å². The molecule has 116 valence electrons. The summed E-state index contributed by atoms with van der Waals surface area (Å²) in [5.41, 5.74) is 0.984. The molecule has 1 aromatic heterocycles. The summed E-state index contributed by atoms with van der Waals surface area (Å²) in [7, 11) is 1.29. The van der Waals surface area contributed by atoms with Crippen LogP contribution in [0.4, 0.5) is 0 Å². The molecule has 2 N–H and O–H groups in total. The van der Waals surface area contributed by atoms with Crippen LogP contribution in [0.15, 0.2) is 40.8 Å². The maximum absolute atomic E-state index is 11.5. The molecular formula is C16H17NO5. The van der Waals surface area contributed by atoms with Crippen molar-refractivity contribution in [2.75, 3.05) is 7.11 Å². The first kappa shape index (κ1) is 15.8. The van der Waals surface area contributed by atoms with E-state index in [9.17, 15) is 14.7 Å². The lowest BCUT2D eigenvalue weighted by molar-refractivity contribution is -0.139. The van der Waals surface area contributed by atoms with Gasteiger partial charge >= 0.3 is 11.9 Å². The number of carboxylic acid groups (broad SMARTS) is 1. The zero-order valence-electron chi connectivity index (χ0n) is 12.3. The monoisotopic (exact) mass is 303 g/mol. The minimum atomic E-state index is -0.984. The summed E-state index contributed by atoms with van der Waals surface area (Å²) >= 11 is 0. The van der Waals surface area contributed by atoms with E-state index in [1.165, 1.54) is 7.11 Å². The Kier molecular flexibility index (Phi) is 4.95. The fraction of sp³-hybridized carbons (Fsp3) is 0.250. The summed E-state index contributed by atoms with van der Waals surface area (Å²) in [6, 6.07) is 9.55. The number of methoxy groups -OCH3 is 1. The van der Waals surface area contributed by atoms with Gasteiger partial charge in [-0.2, -0.15) is 0 Å². The molecule has 0 aliphatic carbocycles. The van der Waals surface area contributed by atoms with Crippen LogP contribution in [0.2, 0.25) is 0 Å². The minimum Gasteiger partial charge on any atom is -0.480 e. The second-order valence-electron chi connectivity index (χ2n) is 4.74. The molecule has 0 unspecified atom stereocenters. The molecule has 0 radical (unpaired) electrons. The number of hydrogen-bond acceptors (Lipinski definition) is 5. The summed E-state index contributed by atoms with van der Waals surface area (Å²) in [6.07, 6.45) is 0. The molecule has 0 bridgehead atoms. The van der Waals surface area contributed by atoms with E-state index in [0.29, 0.717) is 22.6 Å². The van der Waals surface area contributed by atoms with Crippen LogP contribution in [-0.4, -0.2) is 24.2 Å². The molecule has 2 rings (SSSR count). The maximum atomic E-state index is 11.5. The van der Waals surface area contributed by atoms with Gasteiger partial charge in [0.15, 0.2) is 0 Å². The maximum Gasteiger partial charge on any atom is 0.341 e. The zero-order valence-corrected chi connectivity index (χ0v) is 12.3. The Bertz CT molecular complexity index is 662. The molecule has 1 heterocycles. The number of nitrogens with one attached hydrogen (secondary N) is 1. The lowest BCUT2D eigenvalue weighted by Gasteiger charge is -2.13. The third kappa shape index (κ3) is 3.53. The summed E-state index contributed by atoms with van der Waals surface area (Å²) < 4.78 is 10.1. The highest BCUT2D eigenvalue weighted by Gasteiger charge is 2.21. The third-order valence-electron chi connectivity index (χ3n) is 3.23.